The maximum atomic E-state index is 12.6. The van der Waals surface area contributed by atoms with E-state index in [0.717, 1.165) is 22.4 Å². The van der Waals surface area contributed by atoms with Crippen LogP contribution in [0.5, 0.6) is 0 Å². The number of nitrogens with zero attached hydrogens (tertiary/aromatic N) is 4. The van der Waals surface area contributed by atoms with Gasteiger partial charge >= 0.3 is 0 Å². The number of carbonyl (C=O) groups is 1. The van der Waals surface area contributed by atoms with Crippen LogP contribution < -0.4 is 10.2 Å². The summed E-state index contributed by atoms with van der Waals surface area (Å²) in [5.41, 5.74) is 3.04. The molecule has 0 aliphatic heterocycles. The minimum atomic E-state index is -0.299. The number of anilines is 2. The number of aromatic nitrogens is 3. The van der Waals surface area contributed by atoms with Gasteiger partial charge in [0.15, 0.2) is 5.16 Å². The molecule has 146 valence electrons. The lowest BCUT2D eigenvalue weighted by atomic mass is 10.2. The second-order valence-corrected chi connectivity index (χ2v) is 8.10. The zero-order valence-electron chi connectivity index (χ0n) is 16.6. The minimum absolute atomic E-state index is 0.0606. The van der Waals surface area contributed by atoms with E-state index < -0.39 is 0 Å². The molecule has 0 saturated heterocycles. The Kier molecular flexibility index (Phi) is 6.36. The number of rotatable bonds is 7. The van der Waals surface area contributed by atoms with Crippen molar-refractivity contribution >= 4 is 29.0 Å². The van der Waals surface area contributed by atoms with E-state index in [1.807, 2.05) is 79.9 Å². The second kappa shape index (κ2) is 8.93. The summed E-state index contributed by atoms with van der Waals surface area (Å²) in [6, 6.07) is 17.9. The highest BCUT2D eigenvalue weighted by Gasteiger charge is 2.19. The van der Waals surface area contributed by atoms with E-state index in [4.69, 9.17) is 0 Å². The van der Waals surface area contributed by atoms with Crippen molar-refractivity contribution in [1.29, 1.82) is 0 Å². The monoisotopic (exact) mass is 395 g/mol. The summed E-state index contributed by atoms with van der Waals surface area (Å²) >= 11 is 1.41. The Morgan fingerprint density at radius 2 is 1.79 bits per heavy atom. The van der Waals surface area contributed by atoms with Gasteiger partial charge in [0, 0.05) is 25.5 Å². The molecule has 0 aliphatic carbocycles. The van der Waals surface area contributed by atoms with E-state index in [1.165, 1.54) is 17.3 Å². The van der Waals surface area contributed by atoms with Crippen molar-refractivity contribution in [1.82, 2.24) is 14.8 Å². The number of aryl methyl sites for hydroxylation is 1. The van der Waals surface area contributed by atoms with Crippen LogP contribution >= 0.6 is 11.8 Å². The van der Waals surface area contributed by atoms with E-state index >= 15 is 0 Å². The molecule has 28 heavy (non-hydrogen) atoms. The molecule has 0 saturated carbocycles. The van der Waals surface area contributed by atoms with Gasteiger partial charge in [0.05, 0.1) is 11.8 Å². The summed E-state index contributed by atoms with van der Waals surface area (Å²) < 4.78 is 2.04. The Hall–Kier alpha value is -2.80. The third-order valence-corrected chi connectivity index (χ3v) is 5.47. The van der Waals surface area contributed by atoms with Gasteiger partial charge in [-0.1, -0.05) is 42.1 Å². The standard InChI is InChI=1S/C21H25N5OS/c1-15(20(27)22-18-10-12-19(13-11-18)25(3)4)28-21-24-23-16(2)26(21)14-17-8-6-5-7-9-17/h5-13,15H,14H2,1-4H3,(H,22,27). The summed E-state index contributed by atoms with van der Waals surface area (Å²) in [4.78, 5) is 14.6. The highest BCUT2D eigenvalue weighted by atomic mass is 32.2. The van der Waals surface area contributed by atoms with Gasteiger partial charge in [0.25, 0.3) is 0 Å². The molecule has 2 aromatic carbocycles. The summed E-state index contributed by atoms with van der Waals surface area (Å²) in [5, 5.41) is 11.9. The van der Waals surface area contributed by atoms with Crippen molar-refractivity contribution in [2.45, 2.75) is 30.8 Å². The summed E-state index contributed by atoms with van der Waals surface area (Å²) in [5.74, 6) is 0.771. The molecule has 1 amide bonds. The topological polar surface area (TPSA) is 63.1 Å². The molecule has 6 nitrogen and oxygen atoms in total. The van der Waals surface area contributed by atoms with Crippen LogP contribution in [0.1, 0.15) is 18.3 Å². The molecule has 3 aromatic rings. The van der Waals surface area contributed by atoms with Crippen molar-refractivity contribution in [2.75, 3.05) is 24.3 Å². The Labute approximate surface area is 170 Å². The van der Waals surface area contributed by atoms with Crippen LogP contribution in [0.25, 0.3) is 0 Å². The minimum Gasteiger partial charge on any atom is -0.378 e. The van der Waals surface area contributed by atoms with Gasteiger partial charge in [-0.2, -0.15) is 0 Å². The lowest BCUT2D eigenvalue weighted by molar-refractivity contribution is -0.115. The van der Waals surface area contributed by atoms with Crippen molar-refractivity contribution in [3.63, 3.8) is 0 Å². The molecule has 1 heterocycles. The van der Waals surface area contributed by atoms with Crippen LogP contribution in [0.15, 0.2) is 59.8 Å². The molecule has 3 rings (SSSR count). The Balaban J connectivity index is 1.65. The number of thioether (sulfide) groups is 1. The van der Waals surface area contributed by atoms with Gasteiger partial charge < -0.3 is 14.8 Å². The molecule has 0 aliphatic rings. The number of benzene rings is 2. The van der Waals surface area contributed by atoms with Crippen LogP contribution in [0, 0.1) is 6.92 Å². The first-order valence-electron chi connectivity index (χ1n) is 9.12. The second-order valence-electron chi connectivity index (χ2n) is 6.79. The highest BCUT2D eigenvalue weighted by Crippen LogP contribution is 2.24. The van der Waals surface area contributed by atoms with Gasteiger partial charge in [-0.15, -0.1) is 10.2 Å². The molecule has 0 spiro atoms. The fourth-order valence-corrected chi connectivity index (χ4v) is 3.59. The Morgan fingerprint density at radius 3 is 2.43 bits per heavy atom. The molecule has 0 radical (unpaired) electrons. The molecule has 0 fully saturated rings. The average Bonchev–Trinajstić information content (AvgIpc) is 3.02. The van der Waals surface area contributed by atoms with Gasteiger partial charge in [0.2, 0.25) is 5.91 Å². The lowest BCUT2D eigenvalue weighted by Crippen LogP contribution is -2.23. The fraction of sp³-hybridized carbons (Fsp3) is 0.286. The molecule has 1 N–H and O–H groups in total. The van der Waals surface area contributed by atoms with E-state index in [-0.39, 0.29) is 11.2 Å². The number of hydrogen-bond acceptors (Lipinski definition) is 5. The quantitative estimate of drug-likeness (QED) is 0.616. The van der Waals surface area contributed by atoms with E-state index in [0.29, 0.717) is 6.54 Å². The van der Waals surface area contributed by atoms with Gasteiger partial charge in [-0.25, -0.2) is 0 Å². The predicted octanol–water partition coefficient (Wildman–Crippen LogP) is 3.82. The molecule has 0 bridgehead atoms. The Morgan fingerprint density at radius 1 is 1.11 bits per heavy atom. The molecule has 1 aromatic heterocycles. The zero-order valence-corrected chi connectivity index (χ0v) is 17.4. The largest absolute Gasteiger partial charge is 0.378 e. The van der Waals surface area contributed by atoms with Gasteiger partial charge in [0.1, 0.15) is 5.82 Å². The van der Waals surface area contributed by atoms with E-state index in [2.05, 4.69) is 27.6 Å². The number of nitrogens with one attached hydrogen (secondary N) is 1. The third-order valence-electron chi connectivity index (χ3n) is 4.39. The maximum absolute atomic E-state index is 12.6. The predicted molar refractivity (Wildman–Crippen MR) is 115 cm³/mol. The SMILES string of the molecule is Cc1nnc(SC(C)C(=O)Nc2ccc(N(C)C)cc2)n1Cc1ccccc1. The number of amides is 1. The van der Waals surface area contributed by atoms with E-state index in [9.17, 15) is 4.79 Å². The Bertz CT molecular complexity index is 922. The average molecular weight is 396 g/mol. The van der Waals surface area contributed by atoms with Crippen molar-refractivity contribution in [2.24, 2.45) is 0 Å². The summed E-state index contributed by atoms with van der Waals surface area (Å²) in [6.07, 6.45) is 0. The first-order chi connectivity index (χ1) is 13.4. The van der Waals surface area contributed by atoms with Crippen molar-refractivity contribution < 1.29 is 4.79 Å². The normalized spacial score (nSPS) is 11.9. The van der Waals surface area contributed by atoms with Crippen LogP contribution in [-0.2, 0) is 11.3 Å². The summed E-state index contributed by atoms with van der Waals surface area (Å²) in [7, 11) is 3.97. The smallest absolute Gasteiger partial charge is 0.237 e. The maximum Gasteiger partial charge on any atom is 0.237 e. The van der Waals surface area contributed by atoms with Gasteiger partial charge in [-0.3, -0.25) is 4.79 Å². The van der Waals surface area contributed by atoms with Crippen LogP contribution in [0.2, 0.25) is 0 Å². The zero-order chi connectivity index (χ0) is 20.1. The number of carbonyl (C=O) groups excluding carboxylic acids is 1. The highest BCUT2D eigenvalue weighted by molar-refractivity contribution is 8.00. The van der Waals surface area contributed by atoms with Crippen molar-refractivity contribution in [3.05, 3.63) is 66.0 Å². The van der Waals surface area contributed by atoms with Crippen LogP contribution in [0.4, 0.5) is 11.4 Å². The van der Waals surface area contributed by atoms with Crippen LogP contribution in [-0.4, -0.2) is 40.0 Å². The third kappa shape index (κ3) is 4.92. The summed E-state index contributed by atoms with van der Waals surface area (Å²) in [6.45, 7) is 4.49. The first kappa shape index (κ1) is 19.9. The fourth-order valence-electron chi connectivity index (χ4n) is 2.70. The lowest BCUT2D eigenvalue weighted by Gasteiger charge is -2.15. The molecular formula is C21H25N5OS. The molecule has 1 atom stereocenters. The number of hydrogen-bond donors (Lipinski definition) is 1. The van der Waals surface area contributed by atoms with Crippen molar-refractivity contribution in [3.8, 4) is 0 Å². The molecule has 1 unspecified atom stereocenters. The van der Waals surface area contributed by atoms with E-state index in [1.54, 1.807) is 0 Å². The molecule has 7 heteroatoms. The van der Waals surface area contributed by atoms with Crippen LogP contribution in [0.3, 0.4) is 0 Å². The van der Waals surface area contributed by atoms with Gasteiger partial charge in [-0.05, 0) is 43.7 Å². The first-order valence-corrected chi connectivity index (χ1v) is 10.0. The molecular weight excluding hydrogens is 370 g/mol.